The minimum Gasteiger partial charge on any atom is -0.378 e. The second kappa shape index (κ2) is 11.1. The van der Waals surface area contributed by atoms with Crippen molar-refractivity contribution >= 4 is 21.6 Å². The van der Waals surface area contributed by atoms with Gasteiger partial charge in [0.15, 0.2) is 0 Å². The van der Waals surface area contributed by atoms with Gasteiger partial charge in [-0.25, -0.2) is 8.42 Å². The summed E-state index contributed by atoms with van der Waals surface area (Å²) in [7, 11) is -3.81. The summed E-state index contributed by atoms with van der Waals surface area (Å²) in [5.74, 6) is -0.186. The first kappa shape index (κ1) is 25.2. The van der Waals surface area contributed by atoms with Crippen LogP contribution < -0.4 is 14.9 Å². The summed E-state index contributed by atoms with van der Waals surface area (Å²) in [6.45, 7) is 10.9. The van der Waals surface area contributed by atoms with Crippen molar-refractivity contribution in [1.82, 2.24) is 10.0 Å². The number of sulfonamides is 1. The first-order chi connectivity index (χ1) is 15.7. The number of nitrogens with one attached hydrogen (secondary N) is 2. The zero-order valence-electron chi connectivity index (χ0n) is 19.9. The van der Waals surface area contributed by atoms with Crippen molar-refractivity contribution in [2.24, 2.45) is 5.92 Å². The van der Waals surface area contributed by atoms with Gasteiger partial charge in [0.05, 0.1) is 24.2 Å². The number of hydrogen-bond acceptors (Lipinski definition) is 5. The van der Waals surface area contributed by atoms with Gasteiger partial charge in [-0.15, -0.1) is 0 Å². The van der Waals surface area contributed by atoms with E-state index >= 15 is 0 Å². The molecule has 0 radical (unpaired) electrons. The van der Waals surface area contributed by atoms with E-state index in [2.05, 4.69) is 27.1 Å². The standard InChI is InChI=1S/C25H35N3O4S/c1-18(2)17-24(27-33(30,31)23-11-5-19(3)6-12-23)25(29)26-20(4)21-7-9-22(10-8-21)28-13-15-32-16-14-28/h5-12,18,20,24,27H,13-17H2,1-4H3,(H,26,29). The molecule has 33 heavy (non-hydrogen) atoms. The van der Waals surface area contributed by atoms with Gasteiger partial charge < -0.3 is 15.0 Å². The maximum absolute atomic E-state index is 13.1. The van der Waals surface area contributed by atoms with Gasteiger partial charge in [-0.05, 0) is 56.0 Å². The van der Waals surface area contributed by atoms with Crippen LogP contribution >= 0.6 is 0 Å². The SMILES string of the molecule is Cc1ccc(S(=O)(=O)NC(CC(C)C)C(=O)NC(C)c2ccc(N3CCOCC3)cc2)cc1. The largest absolute Gasteiger partial charge is 0.378 e. The molecule has 2 N–H and O–H groups in total. The maximum Gasteiger partial charge on any atom is 0.241 e. The fraction of sp³-hybridized carbons (Fsp3) is 0.480. The first-order valence-electron chi connectivity index (χ1n) is 11.5. The first-order valence-corrected chi connectivity index (χ1v) is 13.0. The molecule has 2 unspecified atom stereocenters. The van der Waals surface area contributed by atoms with Crippen LogP contribution in [0.3, 0.4) is 0 Å². The topological polar surface area (TPSA) is 87.7 Å². The van der Waals surface area contributed by atoms with E-state index in [1.165, 1.54) is 0 Å². The summed E-state index contributed by atoms with van der Waals surface area (Å²) in [5.41, 5.74) is 3.06. The molecule has 0 aliphatic carbocycles. The van der Waals surface area contributed by atoms with E-state index in [1.54, 1.807) is 24.3 Å². The van der Waals surface area contributed by atoms with Crippen LogP contribution in [-0.2, 0) is 19.6 Å². The Bertz CT molecular complexity index is 1010. The fourth-order valence-corrected chi connectivity index (χ4v) is 5.05. The van der Waals surface area contributed by atoms with Crippen molar-refractivity contribution in [1.29, 1.82) is 0 Å². The molecular formula is C25H35N3O4S. The Labute approximate surface area is 197 Å². The molecule has 1 fully saturated rings. The van der Waals surface area contributed by atoms with Crippen LogP contribution in [0.5, 0.6) is 0 Å². The molecule has 0 aromatic heterocycles. The van der Waals surface area contributed by atoms with Crippen LogP contribution in [0.1, 0.15) is 44.4 Å². The molecule has 3 rings (SSSR count). The van der Waals surface area contributed by atoms with E-state index in [-0.39, 0.29) is 22.8 Å². The number of carbonyl (C=O) groups is 1. The average Bonchev–Trinajstić information content (AvgIpc) is 2.79. The van der Waals surface area contributed by atoms with E-state index in [4.69, 9.17) is 4.74 Å². The number of benzene rings is 2. The molecule has 1 saturated heterocycles. The Balaban J connectivity index is 1.68. The molecule has 0 spiro atoms. The lowest BCUT2D eigenvalue weighted by Gasteiger charge is -2.29. The summed E-state index contributed by atoms with van der Waals surface area (Å²) in [4.78, 5) is 15.5. The number of hydrogen-bond donors (Lipinski definition) is 2. The molecule has 1 aliphatic heterocycles. The molecule has 1 heterocycles. The molecule has 1 aliphatic rings. The second-order valence-electron chi connectivity index (χ2n) is 9.04. The van der Waals surface area contributed by atoms with Crippen LogP contribution in [0, 0.1) is 12.8 Å². The lowest BCUT2D eigenvalue weighted by atomic mass is 10.0. The van der Waals surface area contributed by atoms with Crippen LogP contribution in [-0.4, -0.2) is 46.7 Å². The van der Waals surface area contributed by atoms with Gasteiger partial charge in [0.25, 0.3) is 0 Å². The molecule has 7 nitrogen and oxygen atoms in total. The number of morpholine rings is 1. The highest BCUT2D eigenvalue weighted by Gasteiger charge is 2.27. The summed E-state index contributed by atoms with van der Waals surface area (Å²) >= 11 is 0. The quantitative estimate of drug-likeness (QED) is 0.583. The summed E-state index contributed by atoms with van der Waals surface area (Å²) in [6, 6.07) is 13.6. The summed E-state index contributed by atoms with van der Waals surface area (Å²) in [5, 5.41) is 2.98. The highest BCUT2D eigenvalue weighted by atomic mass is 32.2. The maximum atomic E-state index is 13.1. The van der Waals surface area contributed by atoms with Crippen molar-refractivity contribution in [3.8, 4) is 0 Å². The zero-order valence-corrected chi connectivity index (χ0v) is 20.7. The van der Waals surface area contributed by atoms with Crippen LogP contribution in [0.25, 0.3) is 0 Å². The van der Waals surface area contributed by atoms with Gasteiger partial charge in [-0.2, -0.15) is 4.72 Å². The number of rotatable bonds is 9. The molecule has 180 valence electrons. The minimum atomic E-state index is -3.81. The van der Waals surface area contributed by atoms with Crippen LogP contribution in [0.4, 0.5) is 5.69 Å². The Morgan fingerprint density at radius 1 is 1.00 bits per heavy atom. The lowest BCUT2D eigenvalue weighted by molar-refractivity contribution is -0.123. The van der Waals surface area contributed by atoms with E-state index in [0.717, 1.165) is 43.1 Å². The van der Waals surface area contributed by atoms with Crippen molar-refractivity contribution in [3.63, 3.8) is 0 Å². The lowest BCUT2D eigenvalue weighted by Crippen LogP contribution is -2.47. The van der Waals surface area contributed by atoms with E-state index in [1.807, 2.05) is 39.8 Å². The number of aryl methyl sites for hydroxylation is 1. The second-order valence-corrected chi connectivity index (χ2v) is 10.8. The summed E-state index contributed by atoms with van der Waals surface area (Å²) < 4.78 is 33.8. The van der Waals surface area contributed by atoms with Crippen molar-refractivity contribution in [2.75, 3.05) is 31.2 Å². The predicted octanol–water partition coefficient (Wildman–Crippen LogP) is 3.40. The molecule has 0 bridgehead atoms. The number of carbonyl (C=O) groups excluding carboxylic acids is 1. The monoisotopic (exact) mass is 473 g/mol. The molecule has 0 saturated carbocycles. The van der Waals surface area contributed by atoms with Crippen molar-refractivity contribution in [2.45, 2.75) is 51.1 Å². The Hall–Kier alpha value is -2.42. The molecule has 2 aromatic carbocycles. The number of nitrogens with zero attached hydrogens (tertiary/aromatic N) is 1. The van der Waals surface area contributed by atoms with Gasteiger partial charge in [0.1, 0.15) is 6.04 Å². The van der Waals surface area contributed by atoms with Crippen molar-refractivity contribution < 1.29 is 17.9 Å². The normalized spacial score (nSPS) is 16.5. The molecule has 8 heteroatoms. The Morgan fingerprint density at radius 2 is 1.61 bits per heavy atom. The van der Waals surface area contributed by atoms with Gasteiger partial charge >= 0.3 is 0 Å². The van der Waals surface area contributed by atoms with Crippen LogP contribution in [0.2, 0.25) is 0 Å². The highest BCUT2D eigenvalue weighted by Crippen LogP contribution is 2.21. The van der Waals surface area contributed by atoms with Crippen LogP contribution in [0.15, 0.2) is 53.4 Å². The third kappa shape index (κ3) is 7.03. The number of amides is 1. The smallest absolute Gasteiger partial charge is 0.241 e. The highest BCUT2D eigenvalue weighted by molar-refractivity contribution is 7.89. The molecule has 2 atom stereocenters. The molecule has 1 amide bonds. The number of anilines is 1. The van der Waals surface area contributed by atoms with Gasteiger partial charge in [0, 0.05) is 18.8 Å². The summed E-state index contributed by atoms with van der Waals surface area (Å²) in [6.07, 6.45) is 0.402. The molecular weight excluding hydrogens is 438 g/mol. The van der Waals surface area contributed by atoms with Crippen molar-refractivity contribution in [3.05, 3.63) is 59.7 Å². The Morgan fingerprint density at radius 3 is 2.18 bits per heavy atom. The predicted molar refractivity (Wildman–Crippen MR) is 131 cm³/mol. The molecule has 2 aromatic rings. The third-order valence-corrected chi connectivity index (χ3v) is 7.27. The van der Waals surface area contributed by atoms with E-state index in [9.17, 15) is 13.2 Å². The van der Waals surface area contributed by atoms with E-state index < -0.39 is 16.1 Å². The average molecular weight is 474 g/mol. The Kier molecular flexibility index (Phi) is 8.51. The zero-order chi connectivity index (χ0) is 24.0. The van der Waals surface area contributed by atoms with Gasteiger partial charge in [-0.3, -0.25) is 4.79 Å². The van der Waals surface area contributed by atoms with E-state index in [0.29, 0.717) is 6.42 Å². The third-order valence-electron chi connectivity index (χ3n) is 5.78. The number of ether oxygens (including phenoxy) is 1. The minimum absolute atomic E-state index is 0.143. The fourth-order valence-electron chi connectivity index (χ4n) is 3.85. The van der Waals surface area contributed by atoms with Gasteiger partial charge in [-0.1, -0.05) is 43.7 Å². The van der Waals surface area contributed by atoms with Gasteiger partial charge in [0.2, 0.25) is 15.9 Å².